The Kier molecular flexibility index (Phi) is 10.2. The highest BCUT2D eigenvalue weighted by molar-refractivity contribution is 7.84. The average Bonchev–Trinajstić information content (AvgIpc) is 2.09. The summed E-state index contributed by atoms with van der Waals surface area (Å²) in [5.74, 6) is 0.804. The Bertz CT molecular complexity index is 131. The van der Waals surface area contributed by atoms with Crippen molar-refractivity contribution in [3.8, 4) is 0 Å². The van der Waals surface area contributed by atoms with Crippen LogP contribution in [0.3, 0.4) is 0 Å². The molecule has 4 heteroatoms. The van der Waals surface area contributed by atoms with Gasteiger partial charge in [-0.05, 0) is 32.9 Å². The van der Waals surface area contributed by atoms with Gasteiger partial charge in [-0.25, -0.2) is 0 Å². The first kappa shape index (κ1) is 13.1. The first-order valence-electron chi connectivity index (χ1n) is 4.86. The van der Waals surface area contributed by atoms with Crippen molar-refractivity contribution in [3.63, 3.8) is 0 Å². The van der Waals surface area contributed by atoms with E-state index < -0.39 is 10.8 Å². The van der Waals surface area contributed by atoms with Crippen LogP contribution < -0.4 is 5.32 Å². The molecule has 0 aliphatic rings. The summed E-state index contributed by atoms with van der Waals surface area (Å²) >= 11 is 0. The Morgan fingerprint density at radius 3 is 2.62 bits per heavy atom. The van der Waals surface area contributed by atoms with Gasteiger partial charge in [-0.15, -0.1) is 0 Å². The van der Waals surface area contributed by atoms with Gasteiger partial charge < -0.3 is 10.1 Å². The van der Waals surface area contributed by atoms with E-state index in [1.165, 1.54) is 0 Å². The van der Waals surface area contributed by atoms with E-state index in [0.717, 1.165) is 44.9 Å². The zero-order valence-corrected chi connectivity index (χ0v) is 9.49. The highest BCUT2D eigenvalue weighted by atomic mass is 32.2. The quantitative estimate of drug-likeness (QED) is 0.568. The van der Waals surface area contributed by atoms with Gasteiger partial charge in [-0.1, -0.05) is 0 Å². The van der Waals surface area contributed by atoms with Gasteiger partial charge in [0.2, 0.25) is 0 Å². The second-order valence-corrected chi connectivity index (χ2v) is 4.49. The highest BCUT2D eigenvalue weighted by Gasteiger charge is 1.91. The maximum atomic E-state index is 10.7. The second-order valence-electron chi connectivity index (χ2n) is 2.93. The Morgan fingerprint density at radius 1 is 1.31 bits per heavy atom. The lowest BCUT2D eigenvalue weighted by atomic mass is 10.4. The predicted molar refractivity (Wildman–Crippen MR) is 57.5 cm³/mol. The van der Waals surface area contributed by atoms with Crippen LogP contribution in [0, 0.1) is 0 Å². The number of hydrogen-bond donors (Lipinski definition) is 1. The Balaban J connectivity index is 2.87. The minimum absolute atomic E-state index is 0.640. The third-order valence-corrected chi connectivity index (χ3v) is 2.50. The first-order valence-corrected chi connectivity index (χ1v) is 6.58. The zero-order chi connectivity index (χ0) is 9.94. The highest BCUT2D eigenvalue weighted by Crippen LogP contribution is 1.83. The van der Waals surface area contributed by atoms with Gasteiger partial charge in [0, 0.05) is 36.0 Å². The van der Waals surface area contributed by atoms with Crippen LogP contribution in [0.5, 0.6) is 0 Å². The molecule has 1 unspecified atom stereocenters. The van der Waals surface area contributed by atoms with Crippen LogP contribution in [0.2, 0.25) is 0 Å². The van der Waals surface area contributed by atoms with Crippen LogP contribution in [0.1, 0.15) is 19.8 Å². The zero-order valence-electron chi connectivity index (χ0n) is 8.67. The largest absolute Gasteiger partial charge is 0.382 e. The number of ether oxygens (including phenoxy) is 1. The summed E-state index contributed by atoms with van der Waals surface area (Å²) in [6.07, 6.45) is 3.80. The van der Waals surface area contributed by atoms with Gasteiger partial charge in [-0.2, -0.15) is 0 Å². The van der Waals surface area contributed by atoms with Gasteiger partial charge in [-0.3, -0.25) is 4.21 Å². The Morgan fingerprint density at radius 2 is 2.00 bits per heavy atom. The average molecular weight is 207 g/mol. The SMILES string of the molecule is CCOCCCNCCCS(C)=O. The van der Waals surface area contributed by atoms with Crippen molar-refractivity contribution in [2.45, 2.75) is 19.8 Å². The molecule has 80 valence electrons. The summed E-state index contributed by atoms with van der Waals surface area (Å²) < 4.78 is 15.9. The second kappa shape index (κ2) is 10.2. The molecule has 0 saturated heterocycles. The first-order chi connectivity index (χ1) is 6.27. The molecule has 0 amide bonds. The van der Waals surface area contributed by atoms with Gasteiger partial charge >= 0.3 is 0 Å². The van der Waals surface area contributed by atoms with Crippen molar-refractivity contribution in [2.24, 2.45) is 0 Å². The van der Waals surface area contributed by atoms with E-state index in [4.69, 9.17) is 4.74 Å². The standard InChI is InChI=1S/C9H21NO2S/c1-3-12-8-4-6-10-7-5-9-13(2)11/h10H,3-9H2,1-2H3. The molecule has 0 radical (unpaired) electrons. The molecule has 0 aromatic rings. The predicted octanol–water partition coefficient (Wildman–Crippen LogP) is 0.771. The number of rotatable bonds is 9. The lowest BCUT2D eigenvalue weighted by molar-refractivity contribution is 0.145. The van der Waals surface area contributed by atoms with Crippen LogP contribution in [0.25, 0.3) is 0 Å². The van der Waals surface area contributed by atoms with E-state index in [2.05, 4.69) is 5.32 Å². The van der Waals surface area contributed by atoms with Gasteiger partial charge in [0.1, 0.15) is 0 Å². The molecule has 13 heavy (non-hydrogen) atoms. The fourth-order valence-corrected chi connectivity index (χ4v) is 1.52. The van der Waals surface area contributed by atoms with Gasteiger partial charge in [0.15, 0.2) is 0 Å². The topological polar surface area (TPSA) is 38.3 Å². The third-order valence-electron chi connectivity index (χ3n) is 1.63. The molecular formula is C9H21NO2S. The molecule has 0 bridgehead atoms. The van der Waals surface area contributed by atoms with Crippen molar-refractivity contribution in [2.75, 3.05) is 38.3 Å². The number of nitrogens with one attached hydrogen (secondary N) is 1. The molecule has 0 saturated carbocycles. The third kappa shape index (κ3) is 12.1. The lowest BCUT2D eigenvalue weighted by Crippen LogP contribution is -2.19. The summed E-state index contributed by atoms with van der Waals surface area (Å²) in [5, 5.41) is 3.29. The van der Waals surface area contributed by atoms with Crippen molar-refractivity contribution in [1.82, 2.24) is 5.32 Å². The molecule has 0 aromatic carbocycles. The van der Waals surface area contributed by atoms with Crippen molar-refractivity contribution in [3.05, 3.63) is 0 Å². The van der Waals surface area contributed by atoms with E-state index in [9.17, 15) is 4.21 Å². The summed E-state index contributed by atoms with van der Waals surface area (Å²) in [5.41, 5.74) is 0. The van der Waals surface area contributed by atoms with Crippen LogP contribution in [0.4, 0.5) is 0 Å². The van der Waals surface area contributed by atoms with E-state index in [1.54, 1.807) is 6.26 Å². The molecule has 0 heterocycles. The van der Waals surface area contributed by atoms with Crippen molar-refractivity contribution in [1.29, 1.82) is 0 Å². The summed E-state index contributed by atoms with van der Waals surface area (Å²) in [6.45, 7) is 5.60. The van der Waals surface area contributed by atoms with Crippen LogP contribution in [0.15, 0.2) is 0 Å². The van der Waals surface area contributed by atoms with Gasteiger partial charge in [0.05, 0.1) is 0 Å². The minimum atomic E-state index is -0.640. The lowest BCUT2D eigenvalue weighted by Gasteiger charge is -2.03. The number of hydrogen-bond acceptors (Lipinski definition) is 3. The Labute approximate surface area is 83.7 Å². The van der Waals surface area contributed by atoms with Crippen LogP contribution in [-0.4, -0.2) is 42.5 Å². The fraction of sp³-hybridized carbons (Fsp3) is 1.00. The summed E-state index contributed by atoms with van der Waals surface area (Å²) in [7, 11) is -0.640. The fourth-order valence-electron chi connectivity index (χ4n) is 0.969. The summed E-state index contributed by atoms with van der Waals surface area (Å²) in [4.78, 5) is 0. The molecule has 0 spiro atoms. The molecule has 0 aliphatic heterocycles. The molecule has 0 fully saturated rings. The van der Waals surface area contributed by atoms with E-state index in [1.807, 2.05) is 6.92 Å². The van der Waals surface area contributed by atoms with Crippen LogP contribution >= 0.6 is 0 Å². The normalized spacial score (nSPS) is 13.1. The molecule has 0 rings (SSSR count). The van der Waals surface area contributed by atoms with E-state index in [0.29, 0.717) is 0 Å². The molecule has 0 aromatic heterocycles. The molecule has 3 nitrogen and oxygen atoms in total. The van der Waals surface area contributed by atoms with Crippen molar-refractivity contribution < 1.29 is 8.95 Å². The minimum Gasteiger partial charge on any atom is -0.382 e. The van der Waals surface area contributed by atoms with E-state index in [-0.39, 0.29) is 0 Å². The smallest absolute Gasteiger partial charge is 0.0477 e. The van der Waals surface area contributed by atoms with Gasteiger partial charge in [0.25, 0.3) is 0 Å². The Hall–Kier alpha value is 0.0700. The molecular weight excluding hydrogens is 186 g/mol. The van der Waals surface area contributed by atoms with E-state index >= 15 is 0 Å². The molecule has 0 aliphatic carbocycles. The molecule has 1 atom stereocenters. The summed E-state index contributed by atoms with van der Waals surface area (Å²) in [6, 6.07) is 0. The monoisotopic (exact) mass is 207 g/mol. The van der Waals surface area contributed by atoms with Crippen molar-refractivity contribution >= 4 is 10.8 Å². The maximum Gasteiger partial charge on any atom is 0.0477 e. The van der Waals surface area contributed by atoms with Crippen LogP contribution in [-0.2, 0) is 15.5 Å². The maximum absolute atomic E-state index is 10.7. The molecule has 1 N–H and O–H groups in total.